The number of aromatic amines is 1. The number of benzene rings is 1. The molecular weight excluding hydrogens is 370 g/mol. The molecule has 3 heterocycles. The second-order valence-electron chi connectivity index (χ2n) is 7.77. The highest BCUT2D eigenvalue weighted by molar-refractivity contribution is 5.94. The van der Waals surface area contributed by atoms with E-state index in [1.165, 1.54) is 0 Å². The standard InChI is InChI=1S/C21H27N5O3/c1-16-14-22-21(29)26(16)18-6-4-17(5-7-18)20(28)25-12-10-23(11-13-25)15-19(27)24-8-2-3-9-24/h4-7,14H,2-3,8-13,15H2,1H3,(H,22,29). The van der Waals surface area contributed by atoms with Crippen molar-refractivity contribution in [3.05, 3.63) is 52.2 Å². The summed E-state index contributed by atoms with van der Waals surface area (Å²) in [6.07, 6.45) is 3.87. The number of nitrogens with zero attached hydrogens (tertiary/aromatic N) is 4. The van der Waals surface area contributed by atoms with Gasteiger partial charge in [0.1, 0.15) is 0 Å². The van der Waals surface area contributed by atoms with Crippen molar-refractivity contribution < 1.29 is 9.59 Å². The molecule has 154 valence electrons. The van der Waals surface area contributed by atoms with Crippen molar-refractivity contribution in [3.8, 4) is 5.69 Å². The number of amides is 2. The maximum atomic E-state index is 12.8. The lowest BCUT2D eigenvalue weighted by atomic mass is 10.1. The molecule has 1 aromatic heterocycles. The Morgan fingerprint density at radius 3 is 2.17 bits per heavy atom. The molecular formula is C21H27N5O3. The lowest BCUT2D eigenvalue weighted by Crippen LogP contribution is -2.51. The fraction of sp³-hybridized carbons (Fsp3) is 0.476. The summed E-state index contributed by atoms with van der Waals surface area (Å²) in [7, 11) is 0. The van der Waals surface area contributed by atoms with Gasteiger partial charge in [0.15, 0.2) is 0 Å². The van der Waals surface area contributed by atoms with Crippen LogP contribution in [0.25, 0.3) is 5.69 Å². The minimum atomic E-state index is -0.193. The third-order valence-corrected chi connectivity index (χ3v) is 5.81. The van der Waals surface area contributed by atoms with Gasteiger partial charge in [-0.15, -0.1) is 0 Å². The lowest BCUT2D eigenvalue weighted by Gasteiger charge is -2.35. The van der Waals surface area contributed by atoms with Crippen LogP contribution in [0.4, 0.5) is 0 Å². The molecule has 2 saturated heterocycles. The second kappa shape index (κ2) is 8.24. The number of carbonyl (C=O) groups is 2. The third kappa shape index (κ3) is 4.12. The van der Waals surface area contributed by atoms with Gasteiger partial charge < -0.3 is 14.8 Å². The fourth-order valence-corrected chi connectivity index (χ4v) is 4.08. The number of aromatic nitrogens is 2. The number of nitrogens with one attached hydrogen (secondary N) is 1. The molecule has 1 N–H and O–H groups in total. The number of imidazole rings is 1. The van der Waals surface area contributed by atoms with Crippen LogP contribution in [0.5, 0.6) is 0 Å². The Hall–Kier alpha value is -2.87. The summed E-state index contributed by atoms with van der Waals surface area (Å²) in [4.78, 5) is 45.6. The van der Waals surface area contributed by atoms with E-state index in [1.54, 1.807) is 35.0 Å². The smallest absolute Gasteiger partial charge is 0.330 e. The highest BCUT2D eigenvalue weighted by atomic mass is 16.2. The molecule has 0 bridgehead atoms. The zero-order valence-corrected chi connectivity index (χ0v) is 16.8. The molecule has 0 aliphatic carbocycles. The van der Waals surface area contributed by atoms with Gasteiger partial charge in [-0.1, -0.05) is 0 Å². The summed E-state index contributed by atoms with van der Waals surface area (Å²) in [6, 6.07) is 7.11. The average Bonchev–Trinajstić information content (AvgIpc) is 3.38. The monoisotopic (exact) mass is 397 g/mol. The van der Waals surface area contributed by atoms with Crippen molar-refractivity contribution in [3.63, 3.8) is 0 Å². The van der Waals surface area contributed by atoms with Crippen LogP contribution in [0.3, 0.4) is 0 Å². The van der Waals surface area contributed by atoms with Gasteiger partial charge in [-0.3, -0.25) is 19.1 Å². The van der Waals surface area contributed by atoms with Crippen LogP contribution in [-0.2, 0) is 4.79 Å². The van der Waals surface area contributed by atoms with Crippen LogP contribution in [-0.4, -0.2) is 81.9 Å². The zero-order valence-electron chi connectivity index (χ0n) is 16.8. The van der Waals surface area contributed by atoms with E-state index in [1.807, 2.05) is 16.7 Å². The topological polar surface area (TPSA) is 81.6 Å². The molecule has 2 fully saturated rings. The molecule has 2 aromatic rings. The minimum absolute atomic E-state index is 0.0137. The number of hydrogen-bond donors (Lipinski definition) is 1. The number of piperazine rings is 1. The average molecular weight is 397 g/mol. The predicted molar refractivity (Wildman–Crippen MR) is 109 cm³/mol. The SMILES string of the molecule is Cc1c[nH]c(=O)n1-c1ccc(C(=O)N2CCN(CC(=O)N3CCCC3)CC2)cc1. The summed E-state index contributed by atoms with van der Waals surface area (Å²) < 4.78 is 1.57. The van der Waals surface area contributed by atoms with Gasteiger partial charge in [0.2, 0.25) is 5.91 Å². The Bertz CT molecular complexity index is 932. The number of carbonyl (C=O) groups excluding carboxylic acids is 2. The summed E-state index contributed by atoms with van der Waals surface area (Å²) in [6.45, 7) is 6.70. The van der Waals surface area contributed by atoms with E-state index in [0.29, 0.717) is 38.3 Å². The molecule has 8 heteroatoms. The predicted octanol–water partition coefficient (Wildman–Crippen LogP) is 0.854. The first kappa shape index (κ1) is 19.4. The van der Waals surface area contributed by atoms with Crippen molar-refractivity contribution >= 4 is 11.8 Å². The van der Waals surface area contributed by atoms with E-state index in [-0.39, 0.29) is 17.5 Å². The van der Waals surface area contributed by atoms with E-state index in [2.05, 4.69) is 9.88 Å². The van der Waals surface area contributed by atoms with Gasteiger partial charge in [0.25, 0.3) is 5.91 Å². The van der Waals surface area contributed by atoms with Crippen LogP contribution in [0.1, 0.15) is 28.9 Å². The van der Waals surface area contributed by atoms with Gasteiger partial charge in [-0.2, -0.15) is 0 Å². The molecule has 0 saturated carbocycles. The van der Waals surface area contributed by atoms with Crippen molar-refractivity contribution in [2.75, 3.05) is 45.8 Å². The van der Waals surface area contributed by atoms with Crippen molar-refractivity contribution in [1.82, 2.24) is 24.3 Å². The highest BCUT2D eigenvalue weighted by Crippen LogP contribution is 2.14. The number of rotatable bonds is 4. The summed E-state index contributed by atoms with van der Waals surface area (Å²) in [5.74, 6) is 0.188. The van der Waals surface area contributed by atoms with E-state index in [0.717, 1.165) is 37.3 Å². The quantitative estimate of drug-likeness (QED) is 0.830. The number of likely N-dealkylation sites (tertiary alicyclic amines) is 1. The first-order valence-corrected chi connectivity index (χ1v) is 10.2. The Labute approximate surface area is 169 Å². The number of aryl methyl sites for hydroxylation is 1. The van der Waals surface area contributed by atoms with Gasteiger partial charge in [-0.25, -0.2) is 4.79 Å². The lowest BCUT2D eigenvalue weighted by molar-refractivity contribution is -0.131. The van der Waals surface area contributed by atoms with Gasteiger partial charge in [0.05, 0.1) is 12.2 Å². The van der Waals surface area contributed by atoms with E-state index in [4.69, 9.17) is 0 Å². The van der Waals surface area contributed by atoms with Crippen molar-refractivity contribution in [1.29, 1.82) is 0 Å². The second-order valence-corrected chi connectivity index (χ2v) is 7.77. The third-order valence-electron chi connectivity index (χ3n) is 5.81. The number of H-pyrrole nitrogens is 1. The molecule has 2 aliphatic heterocycles. The van der Waals surface area contributed by atoms with Crippen molar-refractivity contribution in [2.45, 2.75) is 19.8 Å². The Morgan fingerprint density at radius 2 is 1.59 bits per heavy atom. The van der Waals surface area contributed by atoms with Crippen LogP contribution < -0.4 is 5.69 Å². The van der Waals surface area contributed by atoms with Gasteiger partial charge in [0, 0.05) is 56.7 Å². The highest BCUT2D eigenvalue weighted by Gasteiger charge is 2.25. The number of hydrogen-bond acceptors (Lipinski definition) is 4. The molecule has 0 unspecified atom stereocenters. The van der Waals surface area contributed by atoms with Crippen LogP contribution >= 0.6 is 0 Å². The van der Waals surface area contributed by atoms with Gasteiger partial charge in [-0.05, 0) is 44.0 Å². The molecule has 8 nitrogen and oxygen atoms in total. The Kier molecular flexibility index (Phi) is 5.53. The molecule has 4 rings (SSSR count). The Morgan fingerprint density at radius 1 is 0.931 bits per heavy atom. The normalized spacial score (nSPS) is 17.7. The fourth-order valence-electron chi connectivity index (χ4n) is 4.08. The molecule has 29 heavy (non-hydrogen) atoms. The molecule has 0 spiro atoms. The minimum Gasteiger partial charge on any atom is -0.342 e. The largest absolute Gasteiger partial charge is 0.342 e. The van der Waals surface area contributed by atoms with Crippen LogP contribution in [0.2, 0.25) is 0 Å². The summed E-state index contributed by atoms with van der Waals surface area (Å²) in [5.41, 5.74) is 1.96. The Balaban J connectivity index is 1.33. The van der Waals surface area contributed by atoms with Crippen molar-refractivity contribution in [2.24, 2.45) is 0 Å². The molecule has 2 amide bonds. The first-order chi connectivity index (χ1) is 14.0. The molecule has 0 atom stereocenters. The van der Waals surface area contributed by atoms with E-state index < -0.39 is 0 Å². The van der Waals surface area contributed by atoms with Crippen LogP contribution in [0.15, 0.2) is 35.3 Å². The zero-order chi connectivity index (χ0) is 20.4. The molecule has 1 aromatic carbocycles. The van der Waals surface area contributed by atoms with E-state index >= 15 is 0 Å². The van der Waals surface area contributed by atoms with E-state index in [9.17, 15) is 14.4 Å². The maximum Gasteiger partial charge on any atom is 0.330 e. The summed E-state index contributed by atoms with van der Waals surface area (Å²) >= 11 is 0. The maximum absolute atomic E-state index is 12.8. The molecule has 2 aliphatic rings. The van der Waals surface area contributed by atoms with Crippen LogP contribution in [0, 0.1) is 6.92 Å². The first-order valence-electron chi connectivity index (χ1n) is 10.2. The molecule has 0 radical (unpaired) electrons. The summed E-state index contributed by atoms with van der Waals surface area (Å²) in [5, 5.41) is 0. The van der Waals surface area contributed by atoms with Gasteiger partial charge >= 0.3 is 5.69 Å².